The lowest BCUT2D eigenvalue weighted by Gasteiger charge is -2.19. The van der Waals surface area contributed by atoms with E-state index < -0.39 is 24.1 Å². The molecule has 0 saturated heterocycles. The summed E-state index contributed by atoms with van der Waals surface area (Å²) in [6.07, 6.45) is -1.40. The van der Waals surface area contributed by atoms with Crippen molar-refractivity contribution in [3.8, 4) is 5.75 Å². The molecule has 2 rings (SSSR count). The number of para-hydroxylation sites is 1. The molecule has 2 atom stereocenters. The number of ketones is 1. The molecule has 0 aliphatic heterocycles. The molecule has 0 fully saturated rings. The zero-order valence-electron chi connectivity index (χ0n) is 15.6. The number of hydrogen-bond acceptors (Lipinski definition) is 5. The Morgan fingerprint density at radius 3 is 2.37 bits per heavy atom. The molecule has 0 aromatic heterocycles. The van der Waals surface area contributed by atoms with Crippen molar-refractivity contribution in [2.75, 3.05) is 5.32 Å². The zero-order valence-corrected chi connectivity index (χ0v) is 15.6. The number of esters is 1. The molecule has 142 valence electrons. The molecule has 27 heavy (non-hydrogen) atoms. The minimum Gasteiger partial charge on any atom is -0.479 e. The highest BCUT2D eigenvalue weighted by molar-refractivity contribution is 5.98. The molecule has 1 amide bonds. The molecule has 0 aliphatic carbocycles. The first-order chi connectivity index (χ1) is 12.9. The van der Waals surface area contributed by atoms with E-state index in [-0.39, 0.29) is 5.78 Å². The van der Waals surface area contributed by atoms with E-state index in [4.69, 9.17) is 9.47 Å². The van der Waals surface area contributed by atoms with Gasteiger partial charge in [-0.3, -0.25) is 9.59 Å². The summed E-state index contributed by atoms with van der Waals surface area (Å²) < 4.78 is 10.9. The van der Waals surface area contributed by atoms with Crippen molar-refractivity contribution in [1.29, 1.82) is 0 Å². The fourth-order valence-corrected chi connectivity index (χ4v) is 2.32. The number of rotatable bonds is 8. The molecule has 1 N–H and O–H groups in total. The summed E-state index contributed by atoms with van der Waals surface area (Å²) in [5.41, 5.74) is 0.947. The van der Waals surface area contributed by atoms with Crippen LogP contribution in [0.5, 0.6) is 5.75 Å². The van der Waals surface area contributed by atoms with E-state index in [2.05, 4.69) is 5.32 Å². The van der Waals surface area contributed by atoms with Crippen LogP contribution in [0.4, 0.5) is 5.69 Å². The topological polar surface area (TPSA) is 81.7 Å². The van der Waals surface area contributed by atoms with Gasteiger partial charge in [-0.1, -0.05) is 37.3 Å². The van der Waals surface area contributed by atoms with Crippen LogP contribution in [0.2, 0.25) is 0 Å². The maximum Gasteiger partial charge on any atom is 0.348 e. The van der Waals surface area contributed by atoms with E-state index in [1.165, 1.54) is 13.8 Å². The van der Waals surface area contributed by atoms with Crippen molar-refractivity contribution in [2.24, 2.45) is 0 Å². The molecule has 0 spiro atoms. The number of carbonyl (C=O) groups is 3. The van der Waals surface area contributed by atoms with Gasteiger partial charge in [-0.25, -0.2) is 4.79 Å². The lowest BCUT2D eigenvalue weighted by molar-refractivity contribution is -0.160. The third-order valence-corrected chi connectivity index (χ3v) is 3.85. The van der Waals surface area contributed by atoms with Gasteiger partial charge in [0.15, 0.2) is 18.0 Å². The summed E-state index contributed by atoms with van der Waals surface area (Å²) >= 11 is 0. The van der Waals surface area contributed by atoms with Crippen LogP contribution in [0.1, 0.15) is 37.6 Å². The minimum atomic E-state index is -1.01. The van der Waals surface area contributed by atoms with Crippen molar-refractivity contribution < 1.29 is 23.9 Å². The van der Waals surface area contributed by atoms with Gasteiger partial charge in [0.2, 0.25) is 0 Å². The average molecular weight is 369 g/mol. The summed E-state index contributed by atoms with van der Waals surface area (Å²) in [5, 5.41) is 2.64. The third kappa shape index (κ3) is 5.95. The van der Waals surface area contributed by atoms with E-state index in [1.54, 1.807) is 55.5 Å². The molecule has 6 heteroatoms. The van der Waals surface area contributed by atoms with Gasteiger partial charge in [0.1, 0.15) is 5.75 Å². The maximum atomic E-state index is 12.3. The Hall–Kier alpha value is -3.15. The standard InChI is InChI=1S/C21H23NO5/c1-4-19(27-18-11-6-5-7-12-18)21(25)26-15(3)20(24)22-17-10-8-9-16(13-17)14(2)23/h5-13,15,19H,4H2,1-3H3,(H,22,24)/t15-,19-/m0/s1. The fraction of sp³-hybridized carbons (Fsp3) is 0.286. The van der Waals surface area contributed by atoms with Crippen molar-refractivity contribution >= 4 is 23.3 Å². The number of amides is 1. The second-order valence-corrected chi connectivity index (χ2v) is 6.03. The maximum absolute atomic E-state index is 12.3. The van der Waals surface area contributed by atoms with Gasteiger partial charge in [0.05, 0.1) is 0 Å². The molecular formula is C21H23NO5. The highest BCUT2D eigenvalue weighted by Crippen LogP contribution is 2.15. The summed E-state index contributed by atoms with van der Waals surface area (Å²) in [7, 11) is 0. The number of carbonyl (C=O) groups excluding carboxylic acids is 3. The largest absolute Gasteiger partial charge is 0.479 e. The second-order valence-electron chi connectivity index (χ2n) is 6.03. The molecule has 0 saturated carbocycles. The molecule has 2 aromatic rings. The predicted octanol–water partition coefficient (Wildman–Crippen LogP) is 3.62. The van der Waals surface area contributed by atoms with Gasteiger partial charge in [-0.05, 0) is 44.5 Å². The fourth-order valence-electron chi connectivity index (χ4n) is 2.32. The number of anilines is 1. The Bertz CT molecular complexity index is 803. The molecule has 0 radical (unpaired) electrons. The Morgan fingerprint density at radius 1 is 1.04 bits per heavy atom. The molecule has 0 unspecified atom stereocenters. The Morgan fingerprint density at radius 2 is 1.74 bits per heavy atom. The van der Waals surface area contributed by atoms with Gasteiger partial charge >= 0.3 is 5.97 Å². The normalized spacial score (nSPS) is 12.6. The number of benzene rings is 2. The molecule has 6 nitrogen and oxygen atoms in total. The lowest BCUT2D eigenvalue weighted by Crippen LogP contribution is -2.36. The van der Waals surface area contributed by atoms with Crippen LogP contribution in [0, 0.1) is 0 Å². The summed E-state index contributed by atoms with van der Waals surface area (Å²) in [6.45, 7) is 4.73. The van der Waals surface area contributed by atoms with Crippen molar-refractivity contribution in [1.82, 2.24) is 0 Å². The zero-order chi connectivity index (χ0) is 19.8. The first-order valence-corrected chi connectivity index (χ1v) is 8.74. The Balaban J connectivity index is 1.95. The van der Waals surface area contributed by atoms with E-state index >= 15 is 0 Å². The van der Waals surface area contributed by atoms with Crippen molar-refractivity contribution in [3.63, 3.8) is 0 Å². The van der Waals surface area contributed by atoms with E-state index in [0.717, 1.165) is 0 Å². The number of hydrogen-bond donors (Lipinski definition) is 1. The average Bonchev–Trinajstić information content (AvgIpc) is 2.66. The van der Waals surface area contributed by atoms with Crippen LogP contribution >= 0.6 is 0 Å². The van der Waals surface area contributed by atoms with Gasteiger partial charge in [-0.15, -0.1) is 0 Å². The monoisotopic (exact) mass is 369 g/mol. The summed E-state index contributed by atoms with van der Waals surface area (Å²) in [6, 6.07) is 15.5. The Kier molecular flexibility index (Phi) is 7.11. The van der Waals surface area contributed by atoms with E-state index in [1.807, 2.05) is 6.07 Å². The van der Waals surface area contributed by atoms with Crippen molar-refractivity contribution in [3.05, 3.63) is 60.2 Å². The van der Waals surface area contributed by atoms with Crippen molar-refractivity contribution in [2.45, 2.75) is 39.4 Å². The van der Waals surface area contributed by atoms with Gasteiger partial charge in [-0.2, -0.15) is 0 Å². The molecule has 0 heterocycles. The summed E-state index contributed by atoms with van der Waals surface area (Å²) in [4.78, 5) is 36.0. The van der Waals surface area contributed by atoms with Crippen LogP contribution in [0.25, 0.3) is 0 Å². The first kappa shape index (κ1) is 20.2. The summed E-state index contributed by atoms with van der Waals surface area (Å²) in [5.74, 6) is -0.644. The van der Waals surface area contributed by atoms with Gasteiger partial charge in [0.25, 0.3) is 5.91 Å². The van der Waals surface area contributed by atoms with Crippen LogP contribution in [0.3, 0.4) is 0 Å². The smallest absolute Gasteiger partial charge is 0.348 e. The van der Waals surface area contributed by atoms with Crippen LogP contribution in [0.15, 0.2) is 54.6 Å². The Labute approximate surface area is 158 Å². The first-order valence-electron chi connectivity index (χ1n) is 8.74. The highest BCUT2D eigenvalue weighted by atomic mass is 16.6. The third-order valence-electron chi connectivity index (χ3n) is 3.85. The molecular weight excluding hydrogens is 346 g/mol. The quantitative estimate of drug-likeness (QED) is 0.568. The van der Waals surface area contributed by atoms with Crippen LogP contribution in [-0.4, -0.2) is 29.9 Å². The van der Waals surface area contributed by atoms with Gasteiger partial charge in [0, 0.05) is 11.3 Å². The second kappa shape index (κ2) is 9.52. The minimum absolute atomic E-state index is 0.102. The highest BCUT2D eigenvalue weighted by Gasteiger charge is 2.25. The lowest BCUT2D eigenvalue weighted by atomic mass is 10.1. The SMILES string of the molecule is CC[C@H](Oc1ccccc1)C(=O)O[C@@H](C)C(=O)Nc1cccc(C(C)=O)c1. The molecule has 0 bridgehead atoms. The van der Waals surface area contributed by atoms with Crippen LogP contribution < -0.4 is 10.1 Å². The van der Waals surface area contributed by atoms with E-state index in [9.17, 15) is 14.4 Å². The molecule has 0 aliphatic rings. The number of nitrogens with one attached hydrogen (secondary N) is 1. The van der Waals surface area contributed by atoms with Gasteiger partial charge < -0.3 is 14.8 Å². The van der Waals surface area contributed by atoms with E-state index in [0.29, 0.717) is 23.4 Å². The predicted molar refractivity (Wildman–Crippen MR) is 102 cm³/mol. The molecule has 2 aromatic carbocycles. The number of ether oxygens (including phenoxy) is 2. The number of Topliss-reactive ketones (excluding diaryl/α,β-unsaturated/α-hetero) is 1. The van der Waals surface area contributed by atoms with Crippen LogP contribution in [-0.2, 0) is 14.3 Å².